The van der Waals surface area contributed by atoms with Crippen LogP contribution in [-0.2, 0) is 4.79 Å². The van der Waals surface area contributed by atoms with Crippen LogP contribution in [0.1, 0.15) is 25.7 Å². The number of allylic oxidation sites excluding steroid dienone is 1. The number of aldehydes is 1. The van der Waals surface area contributed by atoms with Gasteiger partial charge in [0.15, 0.2) is 0 Å². The summed E-state index contributed by atoms with van der Waals surface area (Å²) in [5, 5.41) is 20.2. The first-order chi connectivity index (χ1) is 7.67. The van der Waals surface area contributed by atoms with Gasteiger partial charge in [-0.3, -0.25) is 10.1 Å². The Morgan fingerprint density at radius 3 is 2.44 bits per heavy atom. The van der Waals surface area contributed by atoms with Crippen molar-refractivity contribution in [2.75, 3.05) is 0 Å². The number of carbonyl (C=O) groups is 1. The van der Waals surface area contributed by atoms with E-state index < -0.39 is 4.92 Å². The molecule has 0 aliphatic heterocycles. The zero-order chi connectivity index (χ0) is 12.0. The van der Waals surface area contributed by atoms with Crippen LogP contribution in [0.25, 0.3) is 0 Å². The average Bonchev–Trinajstić information content (AvgIpc) is 2.30. The Labute approximate surface area is 93.4 Å². The minimum Gasteiger partial charge on any atom is -0.383 e. The molecular weight excluding hydrogens is 210 g/mol. The first-order valence-electron chi connectivity index (χ1n) is 5.23. The topological polar surface area (TPSA) is 96.1 Å². The molecule has 1 aliphatic carbocycles. The van der Waals surface area contributed by atoms with Crippen molar-refractivity contribution in [3.05, 3.63) is 22.0 Å². The Morgan fingerprint density at radius 2 is 2.00 bits per heavy atom. The highest BCUT2D eigenvalue weighted by molar-refractivity contribution is 5.71. The predicted octanol–water partition coefficient (Wildman–Crippen LogP) is 1.10. The summed E-state index contributed by atoms with van der Waals surface area (Å²) < 4.78 is 0. The van der Waals surface area contributed by atoms with Crippen LogP contribution in [0, 0.1) is 21.4 Å². The van der Waals surface area contributed by atoms with Crippen molar-refractivity contribution >= 4 is 12.5 Å². The van der Waals surface area contributed by atoms with Gasteiger partial charge in [0.2, 0.25) is 0 Å². The van der Waals surface area contributed by atoms with Crippen LogP contribution in [0.2, 0.25) is 0 Å². The van der Waals surface area contributed by atoms with E-state index in [0.717, 1.165) is 32.0 Å². The lowest BCUT2D eigenvalue weighted by atomic mass is 9.87. The maximum atomic E-state index is 10.5. The van der Waals surface area contributed by atoms with Crippen LogP contribution in [-0.4, -0.2) is 23.5 Å². The van der Waals surface area contributed by atoms with Crippen LogP contribution < -0.4 is 5.32 Å². The van der Waals surface area contributed by atoms with Gasteiger partial charge < -0.3 is 15.5 Å². The summed E-state index contributed by atoms with van der Waals surface area (Å²) in [6.07, 6.45) is 6.28. The van der Waals surface area contributed by atoms with Gasteiger partial charge in [0.05, 0.1) is 17.3 Å². The summed E-state index contributed by atoms with van der Waals surface area (Å²) in [6.45, 7) is 0. The lowest BCUT2D eigenvalue weighted by Crippen LogP contribution is -2.30. The SMILES string of the molecule is N=C/C(=C\NC1CCC(C=O)CC1)[N+](=O)[O-]. The number of nitro groups is 1. The van der Waals surface area contributed by atoms with Crippen molar-refractivity contribution in [2.45, 2.75) is 31.7 Å². The molecule has 0 aromatic heterocycles. The van der Waals surface area contributed by atoms with E-state index in [1.54, 1.807) is 0 Å². The van der Waals surface area contributed by atoms with Crippen LogP contribution in [0.4, 0.5) is 0 Å². The fraction of sp³-hybridized carbons (Fsp3) is 0.600. The lowest BCUT2D eigenvalue weighted by Gasteiger charge is -2.25. The molecule has 0 saturated heterocycles. The van der Waals surface area contributed by atoms with Gasteiger partial charge in [-0.2, -0.15) is 0 Å². The molecule has 2 N–H and O–H groups in total. The molecule has 0 aromatic carbocycles. The van der Waals surface area contributed by atoms with Crippen molar-refractivity contribution in [3.8, 4) is 0 Å². The standard InChI is InChI=1S/C10H15N3O3/c11-5-10(13(15)16)6-12-9-3-1-8(7-14)2-4-9/h5-9,11-12H,1-4H2/b10-6+,11-5?. The third-order valence-electron chi connectivity index (χ3n) is 2.79. The molecular formula is C10H15N3O3. The van der Waals surface area contributed by atoms with Gasteiger partial charge in [-0.25, -0.2) is 0 Å². The van der Waals surface area contributed by atoms with Gasteiger partial charge in [0, 0.05) is 12.0 Å². The molecule has 0 unspecified atom stereocenters. The Balaban J connectivity index is 2.42. The minimum absolute atomic E-state index is 0.139. The summed E-state index contributed by atoms with van der Waals surface area (Å²) in [5.74, 6) is 0.139. The number of hydrogen-bond acceptors (Lipinski definition) is 5. The smallest absolute Gasteiger partial charge is 0.302 e. The van der Waals surface area contributed by atoms with E-state index in [2.05, 4.69) is 5.32 Å². The molecule has 0 atom stereocenters. The second-order valence-electron chi connectivity index (χ2n) is 3.89. The molecule has 1 fully saturated rings. The number of rotatable bonds is 5. The first kappa shape index (κ1) is 12.4. The van der Waals surface area contributed by atoms with Crippen molar-refractivity contribution in [3.63, 3.8) is 0 Å². The summed E-state index contributed by atoms with van der Waals surface area (Å²) in [6, 6.07) is 0.172. The van der Waals surface area contributed by atoms with Gasteiger partial charge in [-0.15, -0.1) is 0 Å². The number of nitrogens with zero attached hydrogens (tertiary/aromatic N) is 1. The molecule has 0 amide bonds. The molecule has 1 rings (SSSR count). The maximum Gasteiger partial charge on any atom is 0.302 e. The molecule has 6 nitrogen and oxygen atoms in total. The third-order valence-corrected chi connectivity index (χ3v) is 2.79. The van der Waals surface area contributed by atoms with Crippen LogP contribution in [0.5, 0.6) is 0 Å². The van der Waals surface area contributed by atoms with Crippen molar-refractivity contribution < 1.29 is 9.72 Å². The predicted molar refractivity (Wildman–Crippen MR) is 58.8 cm³/mol. The fourth-order valence-electron chi connectivity index (χ4n) is 1.77. The van der Waals surface area contributed by atoms with E-state index in [0.29, 0.717) is 6.21 Å². The third kappa shape index (κ3) is 3.45. The first-order valence-corrected chi connectivity index (χ1v) is 5.23. The van der Waals surface area contributed by atoms with E-state index in [1.807, 2.05) is 0 Å². The van der Waals surface area contributed by atoms with E-state index in [9.17, 15) is 14.9 Å². The molecule has 0 bridgehead atoms. The minimum atomic E-state index is -0.600. The molecule has 6 heteroatoms. The van der Waals surface area contributed by atoms with Crippen molar-refractivity contribution in [1.82, 2.24) is 5.32 Å². The normalized spacial score (nSPS) is 25.9. The fourth-order valence-corrected chi connectivity index (χ4v) is 1.77. The van der Waals surface area contributed by atoms with Gasteiger partial charge in [0.25, 0.3) is 0 Å². The van der Waals surface area contributed by atoms with E-state index in [4.69, 9.17) is 5.41 Å². The molecule has 0 spiro atoms. The molecule has 1 saturated carbocycles. The van der Waals surface area contributed by atoms with Crippen LogP contribution >= 0.6 is 0 Å². The summed E-state index contributed by atoms with van der Waals surface area (Å²) in [7, 11) is 0. The summed E-state index contributed by atoms with van der Waals surface area (Å²) in [5.41, 5.74) is -0.252. The van der Waals surface area contributed by atoms with Crippen molar-refractivity contribution in [2.24, 2.45) is 5.92 Å². The van der Waals surface area contributed by atoms with Crippen molar-refractivity contribution in [1.29, 1.82) is 5.41 Å². The quantitative estimate of drug-likeness (QED) is 0.317. The Kier molecular flexibility index (Phi) is 4.63. The van der Waals surface area contributed by atoms with Crippen LogP contribution in [0.15, 0.2) is 11.9 Å². The number of carbonyl (C=O) groups excluding carboxylic acids is 1. The van der Waals surface area contributed by atoms with E-state index in [-0.39, 0.29) is 17.7 Å². The zero-order valence-electron chi connectivity index (χ0n) is 8.89. The molecule has 88 valence electrons. The van der Waals surface area contributed by atoms with Gasteiger partial charge in [-0.1, -0.05) is 0 Å². The van der Waals surface area contributed by atoms with E-state index >= 15 is 0 Å². The molecule has 0 heterocycles. The second kappa shape index (κ2) is 5.99. The van der Waals surface area contributed by atoms with Gasteiger partial charge >= 0.3 is 5.70 Å². The average molecular weight is 225 g/mol. The number of hydrogen-bond donors (Lipinski definition) is 2. The highest BCUT2D eigenvalue weighted by atomic mass is 16.6. The highest BCUT2D eigenvalue weighted by Gasteiger charge is 2.20. The molecule has 0 radical (unpaired) electrons. The van der Waals surface area contributed by atoms with Gasteiger partial charge in [0.1, 0.15) is 6.29 Å². The number of nitrogens with one attached hydrogen (secondary N) is 2. The summed E-state index contributed by atoms with van der Waals surface area (Å²) in [4.78, 5) is 20.3. The molecule has 1 aliphatic rings. The van der Waals surface area contributed by atoms with Crippen LogP contribution in [0.3, 0.4) is 0 Å². The van der Waals surface area contributed by atoms with E-state index in [1.165, 1.54) is 6.20 Å². The summed E-state index contributed by atoms with van der Waals surface area (Å²) >= 11 is 0. The maximum absolute atomic E-state index is 10.5. The highest BCUT2D eigenvalue weighted by Crippen LogP contribution is 2.22. The lowest BCUT2D eigenvalue weighted by molar-refractivity contribution is -0.414. The van der Waals surface area contributed by atoms with Gasteiger partial charge in [-0.05, 0) is 25.7 Å². The monoisotopic (exact) mass is 225 g/mol. The Hall–Kier alpha value is -1.72. The largest absolute Gasteiger partial charge is 0.383 e. The Morgan fingerprint density at radius 1 is 1.38 bits per heavy atom. The molecule has 16 heavy (non-hydrogen) atoms. The molecule has 0 aromatic rings. The zero-order valence-corrected chi connectivity index (χ0v) is 8.89. The second-order valence-corrected chi connectivity index (χ2v) is 3.89. The Bertz CT molecular complexity index is 306.